The Morgan fingerprint density at radius 1 is 1.00 bits per heavy atom. The van der Waals surface area contributed by atoms with Gasteiger partial charge in [-0.25, -0.2) is 0 Å². The number of hydrogen-bond donors (Lipinski definition) is 2. The molecule has 0 aliphatic rings. The fourth-order valence-electron chi connectivity index (χ4n) is 1.85. The van der Waals surface area contributed by atoms with Gasteiger partial charge in [0.25, 0.3) is 0 Å². The Bertz CT molecular complexity index is 439. The fraction of sp³-hybridized carbons (Fsp3) is 0.467. The second kappa shape index (κ2) is 8.19. The van der Waals surface area contributed by atoms with Crippen LogP contribution in [0.25, 0.3) is 0 Å². The number of rotatable bonds is 6. The number of benzene rings is 1. The number of nitrogens with one attached hydrogen (secondary N) is 2. The average molecular weight is 277 g/mol. The summed E-state index contributed by atoms with van der Waals surface area (Å²) in [6, 6.07) is 7.48. The minimum Gasteiger partial charge on any atom is -0.372 e. The maximum atomic E-state index is 11.6. The SMILES string of the molecule is CCCNC(=O)C(=O)Nc1ccc(N(CC)CC)cc1. The van der Waals surface area contributed by atoms with E-state index in [1.165, 1.54) is 0 Å². The summed E-state index contributed by atoms with van der Waals surface area (Å²) in [5.74, 6) is -1.23. The van der Waals surface area contributed by atoms with Crippen molar-refractivity contribution >= 4 is 23.2 Å². The van der Waals surface area contributed by atoms with E-state index in [1.54, 1.807) is 12.1 Å². The number of amides is 2. The van der Waals surface area contributed by atoms with Crippen LogP contribution >= 0.6 is 0 Å². The topological polar surface area (TPSA) is 61.4 Å². The molecule has 0 saturated heterocycles. The third kappa shape index (κ3) is 4.57. The molecule has 0 spiro atoms. The first-order valence-corrected chi connectivity index (χ1v) is 7.06. The molecular formula is C15H23N3O2. The van der Waals surface area contributed by atoms with Crippen molar-refractivity contribution in [1.29, 1.82) is 0 Å². The van der Waals surface area contributed by atoms with Gasteiger partial charge in [-0.3, -0.25) is 9.59 Å². The lowest BCUT2D eigenvalue weighted by Crippen LogP contribution is -2.35. The molecule has 0 aliphatic heterocycles. The van der Waals surface area contributed by atoms with Crippen LogP contribution in [-0.4, -0.2) is 31.4 Å². The summed E-state index contributed by atoms with van der Waals surface area (Å²) in [7, 11) is 0. The van der Waals surface area contributed by atoms with Gasteiger partial charge in [0.05, 0.1) is 0 Å². The Kier molecular flexibility index (Phi) is 6.56. The molecule has 2 amide bonds. The zero-order valence-corrected chi connectivity index (χ0v) is 12.4. The largest absolute Gasteiger partial charge is 0.372 e. The first-order chi connectivity index (χ1) is 9.62. The van der Waals surface area contributed by atoms with Crippen molar-refractivity contribution < 1.29 is 9.59 Å². The van der Waals surface area contributed by atoms with Gasteiger partial charge < -0.3 is 15.5 Å². The standard InChI is InChI=1S/C15H23N3O2/c1-4-11-16-14(19)15(20)17-12-7-9-13(10-8-12)18(5-2)6-3/h7-10H,4-6,11H2,1-3H3,(H,16,19)(H,17,20). The molecule has 5 heteroatoms. The predicted octanol–water partition coefficient (Wildman–Crippen LogP) is 2.00. The van der Waals surface area contributed by atoms with Crippen molar-refractivity contribution in [2.24, 2.45) is 0 Å². The van der Waals surface area contributed by atoms with E-state index in [9.17, 15) is 9.59 Å². The number of nitrogens with zero attached hydrogens (tertiary/aromatic N) is 1. The lowest BCUT2D eigenvalue weighted by molar-refractivity contribution is -0.136. The lowest BCUT2D eigenvalue weighted by atomic mass is 10.2. The highest BCUT2D eigenvalue weighted by molar-refractivity contribution is 6.39. The van der Waals surface area contributed by atoms with Crippen molar-refractivity contribution in [3.63, 3.8) is 0 Å². The second-order valence-electron chi connectivity index (χ2n) is 4.43. The maximum Gasteiger partial charge on any atom is 0.313 e. The summed E-state index contributed by atoms with van der Waals surface area (Å²) >= 11 is 0. The quantitative estimate of drug-likeness (QED) is 0.782. The van der Waals surface area contributed by atoms with Gasteiger partial charge in [-0.05, 0) is 44.5 Å². The highest BCUT2D eigenvalue weighted by Crippen LogP contribution is 2.17. The van der Waals surface area contributed by atoms with Crippen molar-refractivity contribution in [2.45, 2.75) is 27.2 Å². The number of carbonyl (C=O) groups excluding carboxylic acids is 2. The fourth-order valence-corrected chi connectivity index (χ4v) is 1.85. The molecule has 20 heavy (non-hydrogen) atoms. The molecule has 0 radical (unpaired) electrons. The van der Waals surface area contributed by atoms with Crippen LogP contribution in [0.5, 0.6) is 0 Å². The molecule has 0 heterocycles. The minimum atomic E-state index is -0.631. The van der Waals surface area contributed by atoms with Crippen molar-refractivity contribution in [3.05, 3.63) is 24.3 Å². The zero-order valence-electron chi connectivity index (χ0n) is 12.4. The highest BCUT2D eigenvalue weighted by atomic mass is 16.2. The first-order valence-electron chi connectivity index (χ1n) is 7.06. The smallest absolute Gasteiger partial charge is 0.313 e. The van der Waals surface area contributed by atoms with Crippen LogP contribution in [0.3, 0.4) is 0 Å². The van der Waals surface area contributed by atoms with Gasteiger partial charge >= 0.3 is 11.8 Å². The molecule has 0 fully saturated rings. The molecule has 110 valence electrons. The molecule has 0 atom stereocenters. The van der Waals surface area contributed by atoms with E-state index >= 15 is 0 Å². The van der Waals surface area contributed by atoms with Crippen LogP contribution in [0.4, 0.5) is 11.4 Å². The van der Waals surface area contributed by atoms with E-state index in [1.807, 2.05) is 19.1 Å². The van der Waals surface area contributed by atoms with Gasteiger partial charge in [0.15, 0.2) is 0 Å². The van der Waals surface area contributed by atoms with Crippen LogP contribution in [0.1, 0.15) is 27.2 Å². The highest BCUT2D eigenvalue weighted by Gasteiger charge is 2.12. The number of anilines is 2. The molecule has 1 aromatic rings. The van der Waals surface area contributed by atoms with Gasteiger partial charge in [0, 0.05) is 31.0 Å². The van der Waals surface area contributed by atoms with Crippen LogP contribution in [0, 0.1) is 0 Å². The Labute approximate surface area is 120 Å². The van der Waals surface area contributed by atoms with Crippen LogP contribution < -0.4 is 15.5 Å². The summed E-state index contributed by atoms with van der Waals surface area (Å²) in [5, 5.41) is 5.12. The summed E-state index contributed by atoms with van der Waals surface area (Å²) in [6.07, 6.45) is 0.803. The van der Waals surface area contributed by atoms with Crippen molar-refractivity contribution in [2.75, 3.05) is 29.9 Å². The molecule has 2 N–H and O–H groups in total. The maximum absolute atomic E-state index is 11.6. The third-order valence-electron chi connectivity index (χ3n) is 3.00. The molecule has 0 aromatic heterocycles. The molecule has 5 nitrogen and oxygen atoms in total. The normalized spacial score (nSPS) is 9.95. The van der Waals surface area contributed by atoms with Crippen LogP contribution in [0.15, 0.2) is 24.3 Å². The van der Waals surface area contributed by atoms with Gasteiger partial charge in [-0.1, -0.05) is 6.92 Å². The monoisotopic (exact) mass is 277 g/mol. The van der Waals surface area contributed by atoms with Gasteiger partial charge in [-0.15, -0.1) is 0 Å². The molecule has 0 unspecified atom stereocenters. The Morgan fingerprint density at radius 3 is 2.10 bits per heavy atom. The lowest BCUT2D eigenvalue weighted by Gasteiger charge is -2.21. The molecular weight excluding hydrogens is 254 g/mol. The minimum absolute atomic E-state index is 0.507. The number of carbonyl (C=O) groups is 2. The van der Waals surface area contributed by atoms with Crippen molar-refractivity contribution in [3.8, 4) is 0 Å². The summed E-state index contributed by atoms with van der Waals surface area (Å²) < 4.78 is 0. The van der Waals surface area contributed by atoms with E-state index < -0.39 is 11.8 Å². The Morgan fingerprint density at radius 2 is 1.60 bits per heavy atom. The van der Waals surface area contributed by atoms with E-state index in [4.69, 9.17) is 0 Å². The number of hydrogen-bond acceptors (Lipinski definition) is 3. The Balaban J connectivity index is 2.61. The van der Waals surface area contributed by atoms with Crippen LogP contribution in [-0.2, 0) is 9.59 Å². The van der Waals surface area contributed by atoms with E-state index in [0.29, 0.717) is 12.2 Å². The molecule has 0 bridgehead atoms. The zero-order chi connectivity index (χ0) is 15.0. The van der Waals surface area contributed by atoms with E-state index in [0.717, 1.165) is 25.2 Å². The van der Waals surface area contributed by atoms with Crippen molar-refractivity contribution in [1.82, 2.24) is 5.32 Å². The molecule has 1 rings (SSSR count). The molecule has 0 saturated carbocycles. The van der Waals surface area contributed by atoms with Gasteiger partial charge in [0.1, 0.15) is 0 Å². The third-order valence-corrected chi connectivity index (χ3v) is 3.00. The molecule has 1 aromatic carbocycles. The van der Waals surface area contributed by atoms with E-state index in [-0.39, 0.29) is 0 Å². The second-order valence-corrected chi connectivity index (χ2v) is 4.43. The average Bonchev–Trinajstić information content (AvgIpc) is 2.47. The predicted molar refractivity (Wildman–Crippen MR) is 81.9 cm³/mol. The summed E-state index contributed by atoms with van der Waals surface area (Å²) in [6.45, 7) is 8.50. The Hall–Kier alpha value is -2.04. The molecule has 0 aliphatic carbocycles. The van der Waals surface area contributed by atoms with Crippen LogP contribution in [0.2, 0.25) is 0 Å². The first kappa shape index (κ1) is 16.0. The van der Waals surface area contributed by atoms with Gasteiger partial charge in [0.2, 0.25) is 0 Å². The summed E-state index contributed by atoms with van der Waals surface area (Å²) in [5.41, 5.74) is 1.72. The summed E-state index contributed by atoms with van der Waals surface area (Å²) in [4.78, 5) is 25.3. The van der Waals surface area contributed by atoms with Gasteiger partial charge in [-0.2, -0.15) is 0 Å². The van der Waals surface area contributed by atoms with E-state index in [2.05, 4.69) is 29.4 Å².